The average Bonchev–Trinajstić information content (AvgIpc) is 3.23. The van der Waals surface area contributed by atoms with Gasteiger partial charge in [-0.25, -0.2) is 0 Å². The van der Waals surface area contributed by atoms with Crippen LogP contribution < -0.4 is 4.74 Å². The van der Waals surface area contributed by atoms with Crippen molar-refractivity contribution in [2.75, 3.05) is 32.8 Å². The predicted molar refractivity (Wildman–Crippen MR) is 98.5 cm³/mol. The number of halogens is 3. The lowest BCUT2D eigenvalue weighted by atomic mass is 10.00. The third-order valence-electron chi connectivity index (χ3n) is 5.55. The quantitative estimate of drug-likeness (QED) is 0.840. The van der Waals surface area contributed by atoms with E-state index in [-0.39, 0.29) is 6.10 Å². The van der Waals surface area contributed by atoms with E-state index >= 15 is 0 Å². The van der Waals surface area contributed by atoms with Crippen molar-refractivity contribution in [2.24, 2.45) is 0 Å². The summed E-state index contributed by atoms with van der Waals surface area (Å²) in [6.07, 6.45) is -0.488. The van der Waals surface area contributed by atoms with E-state index in [1.165, 1.54) is 10.8 Å². The highest BCUT2D eigenvalue weighted by Crippen LogP contribution is 2.31. The Balaban J connectivity index is 1.38. The maximum absolute atomic E-state index is 12.7. The minimum Gasteiger partial charge on any atom is -0.490 e. The van der Waals surface area contributed by atoms with Crippen LogP contribution in [0, 0.1) is 0 Å². The highest BCUT2D eigenvalue weighted by Gasteiger charge is 2.35. The Hall–Kier alpha value is -1.77. The van der Waals surface area contributed by atoms with Crippen LogP contribution >= 0.6 is 0 Å². The largest absolute Gasteiger partial charge is 0.490 e. The number of piperidine rings is 1. The number of likely N-dealkylation sites (tertiary alicyclic amines) is 1. The first-order chi connectivity index (χ1) is 13.3. The summed E-state index contributed by atoms with van der Waals surface area (Å²) in [6, 6.07) is 6.91. The van der Waals surface area contributed by atoms with Crippen molar-refractivity contribution in [2.45, 2.75) is 43.7 Å². The second-order valence-electron chi connectivity index (χ2n) is 7.87. The molecule has 0 spiro atoms. The maximum Gasteiger partial charge on any atom is 0.406 e. The van der Waals surface area contributed by atoms with E-state index in [1.54, 1.807) is 18.2 Å². The summed E-state index contributed by atoms with van der Waals surface area (Å²) in [6.45, 7) is 2.23. The minimum atomic E-state index is -4.26. The van der Waals surface area contributed by atoms with Gasteiger partial charge in [-0.3, -0.25) is 0 Å². The second-order valence-corrected chi connectivity index (χ2v) is 7.87. The van der Waals surface area contributed by atoms with Gasteiger partial charge >= 0.3 is 6.18 Å². The molecule has 1 atom stereocenters. The van der Waals surface area contributed by atoms with Crippen molar-refractivity contribution >= 4 is 10.9 Å². The topological polar surface area (TPSA) is 46.9 Å². The normalized spacial score (nSPS) is 24.9. The number of aromatic nitrogens is 1. The number of nitrogens with zero attached hydrogens (tertiary/aromatic N) is 2. The van der Waals surface area contributed by atoms with Crippen molar-refractivity contribution in [3.8, 4) is 5.75 Å². The maximum atomic E-state index is 12.7. The summed E-state index contributed by atoms with van der Waals surface area (Å²) in [7, 11) is 0. The molecule has 4 rings (SSSR count). The van der Waals surface area contributed by atoms with Crippen LogP contribution in [-0.4, -0.2) is 65.3 Å². The third-order valence-corrected chi connectivity index (χ3v) is 5.55. The molecule has 0 saturated carbocycles. The summed E-state index contributed by atoms with van der Waals surface area (Å²) in [4.78, 5) is 2.23. The number of β-amino-alcohol motifs (C(OH)–C–C–N with tert-alkyl or cyclic N) is 1. The van der Waals surface area contributed by atoms with Crippen molar-refractivity contribution < 1.29 is 27.8 Å². The fourth-order valence-electron chi connectivity index (χ4n) is 4.13. The highest BCUT2D eigenvalue weighted by atomic mass is 19.4. The number of hydrogen-bond donors (Lipinski definition) is 1. The van der Waals surface area contributed by atoms with Gasteiger partial charge in [-0.15, -0.1) is 0 Å². The number of hydrogen-bond acceptors (Lipinski definition) is 4. The Morgan fingerprint density at radius 1 is 1.21 bits per heavy atom. The molecule has 5 nitrogen and oxygen atoms in total. The van der Waals surface area contributed by atoms with Crippen LogP contribution in [0.15, 0.2) is 30.5 Å². The summed E-state index contributed by atoms with van der Waals surface area (Å²) < 4.78 is 50.9. The lowest BCUT2D eigenvalue weighted by Crippen LogP contribution is -2.48. The van der Waals surface area contributed by atoms with Crippen LogP contribution in [0.4, 0.5) is 13.2 Å². The van der Waals surface area contributed by atoms with Gasteiger partial charge in [0.15, 0.2) is 0 Å². The van der Waals surface area contributed by atoms with E-state index in [4.69, 9.17) is 9.47 Å². The van der Waals surface area contributed by atoms with Crippen LogP contribution in [0.2, 0.25) is 0 Å². The number of rotatable bonds is 5. The molecule has 3 heterocycles. The smallest absolute Gasteiger partial charge is 0.406 e. The molecule has 28 heavy (non-hydrogen) atoms. The van der Waals surface area contributed by atoms with E-state index < -0.39 is 18.3 Å². The van der Waals surface area contributed by atoms with Crippen molar-refractivity contribution in [1.29, 1.82) is 0 Å². The molecule has 1 aromatic carbocycles. The van der Waals surface area contributed by atoms with Crippen molar-refractivity contribution in [3.63, 3.8) is 0 Å². The zero-order chi connectivity index (χ0) is 19.8. The van der Waals surface area contributed by atoms with Gasteiger partial charge in [0.2, 0.25) is 0 Å². The van der Waals surface area contributed by atoms with Crippen LogP contribution in [-0.2, 0) is 11.3 Å². The van der Waals surface area contributed by atoms with Crippen molar-refractivity contribution in [3.05, 3.63) is 30.5 Å². The Bertz CT molecular complexity index is 807. The second kappa shape index (κ2) is 7.57. The lowest BCUT2D eigenvalue weighted by Gasteiger charge is -2.36. The third kappa shape index (κ3) is 4.45. The van der Waals surface area contributed by atoms with Gasteiger partial charge in [-0.2, -0.15) is 13.2 Å². The van der Waals surface area contributed by atoms with Gasteiger partial charge in [-0.1, -0.05) is 6.07 Å². The van der Waals surface area contributed by atoms with Crippen LogP contribution in [0.5, 0.6) is 5.75 Å². The SMILES string of the molecule is OC1(CN2CCC(Oc3cccc4c3ccn4CC(F)(F)F)CC2)CCOC1. The number of benzene rings is 1. The van der Waals surface area contributed by atoms with Gasteiger partial charge in [0.05, 0.1) is 12.1 Å². The molecule has 2 aromatic rings. The molecule has 2 fully saturated rings. The molecule has 1 N–H and O–H groups in total. The fourth-order valence-corrected chi connectivity index (χ4v) is 4.13. The van der Waals surface area contributed by atoms with E-state index in [2.05, 4.69) is 4.90 Å². The molecule has 154 valence electrons. The molecule has 0 bridgehead atoms. The summed E-state index contributed by atoms with van der Waals surface area (Å²) >= 11 is 0. The first-order valence-corrected chi connectivity index (χ1v) is 9.65. The number of alkyl halides is 3. The van der Waals surface area contributed by atoms with E-state index in [0.29, 0.717) is 42.8 Å². The molecule has 8 heteroatoms. The zero-order valence-electron chi connectivity index (χ0n) is 15.6. The Morgan fingerprint density at radius 3 is 2.68 bits per heavy atom. The summed E-state index contributed by atoms with van der Waals surface area (Å²) in [5.74, 6) is 0.625. The van der Waals surface area contributed by atoms with E-state index in [0.717, 1.165) is 25.9 Å². The van der Waals surface area contributed by atoms with E-state index in [9.17, 15) is 18.3 Å². The Labute approximate surface area is 161 Å². The van der Waals surface area contributed by atoms with Gasteiger partial charge in [-0.05, 0) is 31.0 Å². The fraction of sp³-hybridized carbons (Fsp3) is 0.600. The monoisotopic (exact) mass is 398 g/mol. The molecular formula is C20H25F3N2O3. The van der Waals surface area contributed by atoms with E-state index in [1.807, 2.05) is 6.07 Å². The first-order valence-electron chi connectivity index (χ1n) is 9.65. The van der Waals surface area contributed by atoms with Gasteiger partial charge < -0.3 is 24.0 Å². The molecule has 0 aliphatic carbocycles. The van der Waals surface area contributed by atoms with Crippen LogP contribution in [0.1, 0.15) is 19.3 Å². The Kier molecular flexibility index (Phi) is 5.28. The summed E-state index contributed by atoms with van der Waals surface area (Å²) in [5, 5.41) is 11.2. The van der Waals surface area contributed by atoms with Gasteiger partial charge in [0.25, 0.3) is 0 Å². The molecular weight excluding hydrogens is 373 g/mol. The molecule has 0 amide bonds. The molecule has 1 aromatic heterocycles. The highest BCUT2D eigenvalue weighted by molar-refractivity contribution is 5.86. The summed E-state index contributed by atoms with van der Waals surface area (Å²) in [5.41, 5.74) is -0.226. The first kappa shape index (κ1) is 19.5. The predicted octanol–water partition coefficient (Wildman–Crippen LogP) is 3.20. The molecule has 2 aliphatic heterocycles. The van der Waals surface area contributed by atoms with Crippen LogP contribution in [0.3, 0.4) is 0 Å². The van der Waals surface area contributed by atoms with Crippen molar-refractivity contribution in [1.82, 2.24) is 9.47 Å². The zero-order valence-corrected chi connectivity index (χ0v) is 15.6. The standard InChI is InChI=1S/C20H25F3N2O3/c21-20(22,23)13-25-10-6-16-17(25)2-1-3-18(16)28-15-4-8-24(9-5-15)12-19(26)7-11-27-14-19/h1-3,6,10,15,26H,4-5,7-9,11-14H2. The average molecular weight is 398 g/mol. The number of aliphatic hydroxyl groups is 1. The Morgan fingerprint density at radius 2 is 2.00 bits per heavy atom. The van der Waals surface area contributed by atoms with Gasteiger partial charge in [0, 0.05) is 44.2 Å². The minimum absolute atomic E-state index is 0.0160. The number of ether oxygens (including phenoxy) is 2. The number of fused-ring (bicyclic) bond motifs is 1. The van der Waals surface area contributed by atoms with Crippen LogP contribution in [0.25, 0.3) is 10.9 Å². The van der Waals surface area contributed by atoms with Gasteiger partial charge in [0.1, 0.15) is 24.0 Å². The molecule has 0 radical (unpaired) electrons. The molecule has 1 unspecified atom stereocenters. The molecule has 2 aliphatic rings. The lowest BCUT2D eigenvalue weighted by molar-refractivity contribution is -0.139. The molecule has 2 saturated heterocycles.